The zero-order valence-electron chi connectivity index (χ0n) is 12.9. The van der Waals surface area contributed by atoms with E-state index in [0.29, 0.717) is 12.5 Å². The highest BCUT2D eigenvalue weighted by atomic mass is 16.5. The van der Waals surface area contributed by atoms with E-state index in [1.807, 2.05) is 54.6 Å². The smallest absolute Gasteiger partial charge is 0.193 e. The molecule has 23 heavy (non-hydrogen) atoms. The minimum absolute atomic E-state index is 0.0371. The second-order valence-corrected chi connectivity index (χ2v) is 5.93. The quantitative estimate of drug-likeness (QED) is 0.566. The first-order chi connectivity index (χ1) is 11.2. The number of benzene rings is 2. The van der Waals surface area contributed by atoms with Gasteiger partial charge in [0.25, 0.3) is 0 Å². The third kappa shape index (κ3) is 4.23. The lowest BCUT2D eigenvalue weighted by atomic mass is 10.1. The van der Waals surface area contributed by atoms with E-state index in [9.17, 15) is 5.11 Å². The van der Waals surface area contributed by atoms with Gasteiger partial charge in [-0.1, -0.05) is 24.3 Å². The van der Waals surface area contributed by atoms with Crippen molar-refractivity contribution in [2.75, 3.05) is 18.5 Å². The fourth-order valence-corrected chi connectivity index (χ4v) is 2.25. The Labute approximate surface area is 135 Å². The number of hydrogen-bond acceptors (Lipinski definition) is 3. The number of anilines is 1. The minimum Gasteiger partial charge on any atom is -0.457 e. The highest BCUT2D eigenvalue weighted by Crippen LogP contribution is 2.45. The van der Waals surface area contributed by atoms with Crippen molar-refractivity contribution in [3.05, 3.63) is 54.6 Å². The third-order valence-corrected chi connectivity index (χ3v) is 3.96. The zero-order chi connectivity index (χ0) is 16.1. The summed E-state index contributed by atoms with van der Waals surface area (Å²) >= 11 is 0. The van der Waals surface area contributed by atoms with Crippen molar-refractivity contribution >= 4 is 11.6 Å². The van der Waals surface area contributed by atoms with Gasteiger partial charge in [0.2, 0.25) is 0 Å². The van der Waals surface area contributed by atoms with Gasteiger partial charge in [0.15, 0.2) is 5.96 Å². The van der Waals surface area contributed by atoms with Crippen LogP contribution in [0.2, 0.25) is 0 Å². The van der Waals surface area contributed by atoms with Crippen molar-refractivity contribution in [3.8, 4) is 11.5 Å². The molecule has 4 N–H and O–H groups in total. The molecule has 0 amide bonds. The minimum atomic E-state index is -0.0371. The maximum atomic E-state index is 9.29. The first-order valence-corrected chi connectivity index (χ1v) is 7.70. The molecule has 5 nitrogen and oxygen atoms in total. The van der Waals surface area contributed by atoms with Crippen molar-refractivity contribution in [1.82, 2.24) is 0 Å². The largest absolute Gasteiger partial charge is 0.457 e. The van der Waals surface area contributed by atoms with Crippen LogP contribution in [0.3, 0.4) is 0 Å². The summed E-state index contributed by atoms with van der Waals surface area (Å²) in [5.74, 6) is 1.86. The van der Waals surface area contributed by atoms with Gasteiger partial charge in [0.1, 0.15) is 11.5 Å². The predicted molar refractivity (Wildman–Crippen MR) is 91.8 cm³/mol. The van der Waals surface area contributed by atoms with Gasteiger partial charge in [-0.15, -0.1) is 0 Å². The highest BCUT2D eigenvalue weighted by Gasteiger charge is 2.41. The fraction of sp³-hybridized carbons (Fsp3) is 0.278. The average Bonchev–Trinajstić information content (AvgIpc) is 3.35. The Kier molecular flexibility index (Phi) is 4.48. The summed E-state index contributed by atoms with van der Waals surface area (Å²) in [6.07, 6.45) is 2.03. The van der Waals surface area contributed by atoms with Crippen molar-refractivity contribution in [2.45, 2.75) is 12.8 Å². The van der Waals surface area contributed by atoms with Gasteiger partial charge in [0.05, 0.1) is 13.2 Å². The number of nitrogens with zero attached hydrogens (tertiary/aromatic N) is 1. The molecule has 0 unspecified atom stereocenters. The molecule has 2 aromatic rings. The Morgan fingerprint density at radius 2 is 1.87 bits per heavy atom. The van der Waals surface area contributed by atoms with Crippen LogP contribution in [0.4, 0.5) is 5.69 Å². The van der Waals surface area contributed by atoms with Crippen LogP contribution < -0.4 is 15.8 Å². The Hall–Kier alpha value is -2.53. The fourth-order valence-electron chi connectivity index (χ4n) is 2.25. The number of aliphatic hydroxyl groups is 1. The van der Waals surface area contributed by atoms with Gasteiger partial charge >= 0.3 is 0 Å². The molecule has 2 aromatic carbocycles. The maximum Gasteiger partial charge on any atom is 0.193 e. The number of ether oxygens (including phenoxy) is 1. The van der Waals surface area contributed by atoms with Crippen LogP contribution in [0.15, 0.2) is 59.6 Å². The third-order valence-electron chi connectivity index (χ3n) is 3.96. The maximum absolute atomic E-state index is 9.29. The summed E-state index contributed by atoms with van der Waals surface area (Å²) < 4.78 is 5.79. The van der Waals surface area contributed by atoms with Crippen LogP contribution in [0.25, 0.3) is 0 Å². The van der Waals surface area contributed by atoms with E-state index in [1.54, 1.807) is 0 Å². The summed E-state index contributed by atoms with van der Waals surface area (Å²) in [6, 6.07) is 17.2. The normalized spacial score (nSPS) is 16.0. The number of hydrogen-bond donors (Lipinski definition) is 3. The molecule has 0 radical (unpaired) electrons. The molecule has 1 saturated carbocycles. The lowest BCUT2D eigenvalue weighted by Crippen LogP contribution is -2.24. The Morgan fingerprint density at radius 3 is 2.57 bits per heavy atom. The SMILES string of the molecule is NC(=NCC1(CO)CC1)Nc1cccc(Oc2ccccc2)c1. The molecule has 0 atom stereocenters. The Morgan fingerprint density at radius 1 is 1.13 bits per heavy atom. The topological polar surface area (TPSA) is 79.9 Å². The van der Waals surface area contributed by atoms with Crippen molar-refractivity contribution in [2.24, 2.45) is 16.1 Å². The van der Waals surface area contributed by atoms with E-state index in [0.717, 1.165) is 30.0 Å². The van der Waals surface area contributed by atoms with Gasteiger partial charge in [-0.25, -0.2) is 0 Å². The second-order valence-electron chi connectivity index (χ2n) is 5.93. The lowest BCUT2D eigenvalue weighted by Gasteiger charge is -2.11. The summed E-state index contributed by atoms with van der Waals surface area (Å²) in [4.78, 5) is 4.32. The van der Waals surface area contributed by atoms with E-state index in [1.165, 1.54) is 0 Å². The summed E-state index contributed by atoms with van der Waals surface area (Å²) in [6.45, 7) is 0.729. The first-order valence-electron chi connectivity index (χ1n) is 7.70. The van der Waals surface area contributed by atoms with E-state index < -0.39 is 0 Å². The molecule has 0 bridgehead atoms. The molecule has 1 aliphatic carbocycles. The van der Waals surface area contributed by atoms with Gasteiger partial charge < -0.3 is 20.9 Å². The van der Waals surface area contributed by atoms with Crippen LogP contribution in [-0.4, -0.2) is 24.2 Å². The van der Waals surface area contributed by atoms with E-state index in [4.69, 9.17) is 10.5 Å². The Balaban J connectivity index is 1.62. The van der Waals surface area contributed by atoms with Crippen molar-refractivity contribution < 1.29 is 9.84 Å². The number of aliphatic hydroxyl groups excluding tert-OH is 1. The van der Waals surface area contributed by atoms with Crippen LogP contribution in [0.1, 0.15) is 12.8 Å². The van der Waals surface area contributed by atoms with Crippen LogP contribution >= 0.6 is 0 Å². The van der Waals surface area contributed by atoms with Gasteiger partial charge in [-0.2, -0.15) is 0 Å². The molecule has 1 aliphatic rings. The summed E-state index contributed by atoms with van der Waals surface area (Å²) in [7, 11) is 0. The number of nitrogens with two attached hydrogens (primary N) is 1. The number of nitrogens with one attached hydrogen (secondary N) is 1. The number of aliphatic imine (C=N–C) groups is 1. The molecule has 120 valence electrons. The summed E-state index contributed by atoms with van der Waals surface area (Å²) in [5.41, 5.74) is 6.69. The Bertz CT molecular complexity index is 682. The van der Waals surface area contributed by atoms with Crippen LogP contribution in [0.5, 0.6) is 11.5 Å². The van der Waals surface area contributed by atoms with E-state index in [2.05, 4.69) is 10.3 Å². The monoisotopic (exact) mass is 311 g/mol. The molecule has 0 heterocycles. The number of rotatable bonds is 6. The molecule has 0 aliphatic heterocycles. The van der Waals surface area contributed by atoms with Gasteiger partial charge in [0, 0.05) is 17.2 Å². The van der Waals surface area contributed by atoms with Gasteiger partial charge in [-0.3, -0.25) is 4.99 Å². The van der Waals surface area contributed by atoms with E-state index in [-0.39, 0.29) is 12.0 Å². The molecule has 3 rings (SSSR count). The van der Waals surface area contributed by atoms with Crippen LogP contribution in [0, 0.1) is 5.41 Å². The molecular formula is C18H21N3O2. The van der Waals surface area contributed by atoms with E-state index >= 15 is 0 Å². The average molecular weight is 311 g/mol. The van der Waals surface area contributed by atoms with Crippen LogP contribution in [-0.2, 0) is 0 Å². The molecule has 0 aromatic heterocycles. The number of guanidine groups is 1. The molecule has 1 fully saturated rings. The molecule has 0 saturated heterocycles. The van der Waals surface area contributed by atoms with Crippen molar-refractivity contribution in [1.29, 1.82) is 0 Å². The predicted octanol–water partition coefficient (Wildman–Crippen LogP) is 2.98. The van der Waals surface area contributed by atoms with Gasteiger partial charge in [-0.05, 0) is 37.1 Å². The highest BCUT2D eigenvalue weighted by molar-refractivity contribution is 5.92. The molecular weight excluding hydrogens is 290 g/mol. The lowest BCUT2D eigenvalue weighted by molar-refractivity contribution is 0.217. The summed E-state index contributed by atoms with van der Waals surface area (Å²) in [5, 5.41) is 12.3. The number of para-hydroxylation sites is 1. The first kappa shape index (κ1) is 15.4. The molecule has 5 heteroatoms. The second kappa shape index (κ2) is 6.71. The standard InChI is InChI=1S/C18H21N3O2/c19-17(20-12-18(13-22)9-10-18)21-14-5-4-8-16(11-14)23-15-6-2-1-3-7-15/h1-8,11,22H,9-10,12-13H2,(H3,19,20,21). The molecule has 0 spiro atoms. The zero-order valence-corrected chi connectivity index (χ0v) is 12.9. The van der Waals surface area contributed by atoms with Crippen molar-refractivity contribution in [3.63, 3.8) is 0 Å².